The van der Waals surface area contributed by atoms with Gasteiger partial charge >= 0.3 is 6.09 Å². The van der Waals surface area contributed by atoms with Crippen molar-refractivity contribution >= 4 is 17.9 Å². The second kappa shape index (κ2) is 13.0. The third-order valence-electron chi connectivity index (χ3n) is 7.17. The molecule has 2 aromatic carbocycles. The molecule has 8 heteroatoms. The van der Waals surface area contributed by atoms with Gasteiger partial charge in [0.15, 0.2) is 0 Å². The number of benzene rings is 2. The number of hydrazine groups is 1. The highest BCUT2D eigenvalue weighted by atomic mass is 16.6. The number of hydrogen-bond acceptors (Lipinski definition) is 5. The summed E-state index contributed by atoms with van der Waals surface area (Å²) in [6.45, 7) is 9.50. The molecule has 39 heavy (non-hydrogen) atoms. The number of amides is 3. The van der Waals surface area contributed by atoms with Gasteiger partial charge in [-0.1, -0.05) is 43.2 Å². The van der Waals surface area contributed by atoms with Gasteiger partial charge in [0, 0.05) is 13.0 Å². The van der Waals surface area contributed by atoms with Crippen LogP contribution in [-0.2, 0) is 27.2 Å². The summed E-state index contributed by atoms with van der Waals surface area (Å²) in [5.41, 5.74) is 4.64. The average Bonchev–Trinajstić information content (AvgIpc) is 3.35. The number of ether oxygens (including phenoxy) is 1. The zero-order valence-electron chi connectivity index (χ0n) is 23.9. The van der Waals surface area contributed by atoms with Crippen LogP contribution in [0.5, 0.6) is 5.75 Å². The normalized spacial score (nSPS) is 14.5. The van der Waals surface area contributed by atoms with E-state index < -0.39 is 17.2 Å². The predicted octanol–water partition coefficient (Wildman–Crippen LogP) is 5.27. The van der Waals surface area contributed by atoms with Crippen LogP contribution in [0.1, 0.15) is 81.5 Å². The van der Waals surface area contributed by atoms with Crippen molar-refractivity contribution in [3.63, 3.8) is 0 Å². The summed E-state index contributed by atoms with van der Waals surface area (Å²) < 4.78 is 5.46. The quantitative estimate of drug-likeness (QED) is 0.298. The molecule has 0 bridgehead atoms. The van der Waals surface area contributed by atoms with E-state index in [4.69, 9.17) is 4.74 Å². The molecule has 1 fully saturated rings. The van der Waals surface area contributed by atoms with Gasteiger partial charge in [-0.15, -0.1) is 0 Å². The Bertz CT molecular complexity index is 1130. The van der Waals surface area contributed by atoms with E-state index in [-0.39, 0.29) is 24.0 Å². The Labute approximate surface area is 232 Å². The first kappa shape index (κ1) is 30.0. The first-order chi connectivity index (χ1) is 18.4. The molecule has 0 spiro atoms. The van der Waals surface area contributed by atoms with Gasteiger partial charge in [-0.05, 0) is 101 Å². The molecule has 3 amide bonds. The zero-order valence-corrected chi connectivity index (χ0v) is 23.9. The number of hydrogen-bond donors (Lipinski definition) is 3. The molecule has 0 atom stereocenters. The maximum atomic E-state index is 13.7. The second-order valence-electron chi connectivity index (χ2n) is 11.5. The zero-order chi connectivity index (χ0) is 28.6. The molecule has 3 rings (SSSR count). The summed E-state index contributed by atoms with van der Waals surface area (Å²) in [6, 6.07) is 13.4. The number of phenolic OH excluding ortho intramolecular Hbond substituents is 1. The summed E-state index contributed by atoms with van der Waals surface area (Å²) >= 11 is 0. The van der Waals surface area contributed by atoms with Crippen molar-refractivity contribution in [2.24, 2.45) is 0 Å². The Morgan fingerprint density at radius 2 is 1.62 bits per heavy atom. The molecule has 0 aliphatic heterocycles. The van der Waals surface area contributed by atoms with E-state index in [1.165, 1.54) is 10.6 Å². The Morgan fingerprint density at radius 1 is 1.00 bits per heavy atom. The molecule has 8 nitrogen and oxygen atoms in total. The molecule has 0 radical (unpaired) electrons. The number of aryl methyl sites for hydroxylation is 3. The largest absolute Gasteiger partial charge is 0.508 e. The summed E-state index contributed by atoms with van der Waals surface area (Å²) in [5.74, 6) is -0.425. The Morgan fingerprint density at radius 3 is 2.21 bits per heavy atom. The number of aromatic hydroxyl groups is 1. The molecular formula is C31H43N3O5. The van der Waals surface area contributed by atoms with Gasteiger partial charge in [0.1, 0.15) is 16.9 Å². The van der Waals surface area contributed by atoms with Crippen molar-refractivity contribution in [1.29, 1.82) is 0 Å². The molecule has 0 saturated heterocycles. The topological polar surface area (TPSA) is 108 Å². The van der Waals surface area contributed by atoms with Crippen LogP contribution in [0, 0.1) is 13.8 Å². The third-order valence-corrected chi connectivity index (χ3v) is 7.17. The van der Waals surface area contributed by atoms with Gasteiger partial charge in [0.05, 0.1) is 0 Å². The predicted molar refractivity (Wildman–Crippen MR) is 151 cm³/mol. The summed E-state index contributed by atoms with van der Waals surface area (Å²) in [5, 5.41) is 14.2. The highest BCUT2D eigenvalue weighted by Crippen LogP contribution is 2.36. The van der Waals surface area contributed by atoms with Gasteiger partial charge in [0.2, 0.25) is 11.8 Å². The van der Waals surface area contributed by atoms with Gasteiger partial charge in [-0.25, -0.2) is 15.2 Å². The molecule has 212 valence electrons. The van der Waals surface area contributed by atoms with Gasteiger partial charge in [-0.3, -0.25) is 9.59 Å². The third kappa shape index (κ3) is 8.22. The summed E-state index contributed by atoms with van der Waals surface area (Å²) in [6.07, 6.45) is 3.78. The van der Waals surface area contributed by atoms with Crippen molar-refractivity contribution in [2.75, 3.05) is 6.54 Å². The fourth-order valence-corrected chi connectivity index (χ4v) is 5.32. The van der Waals surface area contributed by atoms with Crippen molar-refractivity contribution in [3.8, 4) is 5.75 Å². The van der Waals surface area contributed by atoms with Crippen molar-refractivity contribution in [1.82, 2.24) is 15.8 Å². The number of phenols is 1. The lowest BCUT2D eigenvalue weighted by atomic mass is 9.93. The van der Waals surface area contributed by atoms with E-state index in [0.29, 0.717) is 25.8 Å². The number of nitrogens with one attached hydrogen (secondary N) is 2. The fourth-order valence-electron chi connectivity index (χ4n) is 5.32. The molecule has 3 N–H and O–H groups in total. The molecule has 2 aromatic rings. The van der Waals surface area contributed by atoms with Crippen molar-refractivity contribution in [2.45, 2.75) is 97.1 Å². The van der Waals surface area contributed by atoms with Crippen molar-refractivity contribution in [3.05, 3.63) is 64.7 Å². The van der Waals surface area contributed by atoms with E-state index >= 15 is 0 Å². The molecule has 1 aliphatic carbocycles. The summed E-state index contributed by atoms with van der Waals surface area (Å²) in [4.78, 5) is 40.3. The van der Waals surface area contributed by atoms with E-state index in [1.807, 2.05) is 32.0 Å². The van der Waals surface area contributed by atoms with Crippen LogP contribution in [0.25, 0.3) is 0 Å². The smallest absolute Gasteiger partial charge is 0.426 e. The number of carbonyl (C=O) groups is 3. The SMILES string of the molecule is Cc1cc(O)cc(C)c1CCC(=O)N(NC(=O)OC(C)(C)C)C1(C(=O)NCCCc2ccccc2)CCCC1. The molecule has 1 saturated carbocycles. The van der Waals surface area contributed by atoms with E-state index in [0.717, 1.165) is 42.4 Å². The Kier molecular flexibility index (Phi) is 10.0. The van der Waals surface area contributed by atoms with Gasteiger partial charge in [0.25, 0.3) is 0 Å². The average molecular weight is 538 g/mol. The number of carbonyl (C=O) groups excluding carboxylic acids is 3. The number of nitrogens with zero attached hydrogens (tertiary/aromatic N) is 1. The molecule has 1 aliphatic rings. The highest BCUT2D eigenvalue weighted by Gasteiger charge is 2.49. The number of rotatable bonds is 9. The van der Waals surface area contributed by atoms with Gasteiger partial charge < -0.3 is 15.2 Å². The van der Waals surface area contributed by atoms with Crippen LogP contribution in [0.4, 0.5) is 4.79 Å². The highest BCUT2D eigenvalue weighted by molar-refractivity contribution is 5.92. The maximum absolute atomic E-state index is 13.7. The van der Waals surface area contributed by atoms with Crippen LogP contribution in [0.15, 0.2) is 42.5 Å². The van der Waals surface area contributed by atoms with Crippen LogP contribution in [0.3, 0.4) is 0 Å². The summed E-state index contributed by atoms with van der Waals surface area (Å²) in [7, 11) is 0. The molecule has 0 unspecified atom stereocenters. The standard InChI is InChI=1S/C31H43N3O5/c1-22-20-25(35)21-23(2)26(22)15-16-27(36)34(33-29(38)39-30(3,4)5)31(17-9-10-18-31)28(37)32-19-11-14-24-12-7-6-8-13-24/h6-8,12-13,20-21,35H,9-11,14-19H2,1-5H3,(H,32,37)(H,33,38). The minimum absolute atomic E-state index is 0.0886. The fraction of sp³-hybridized carbons (Fsp3) is 0.516. The van der Waals surface area contributed by atoms with Crippen LogP contribution < -0.4 is 10.7 Å². The van der Waals surface area contributed by atoms with E-state index in [2.05, 4.69) is 22.9 Å². The minimum atomic E-state index is -1.18. The van der Waals surface area contributed by atoms with E-state index in [9.17, 15) is 19.5 Å². The van der Waals surface area contributed by atoms with Crippen molar-refractivity contribution < 1.29 is 24.2 Å². The monoisotopic (exact) mass is 537 g/mol. The Balaban J connectivity index is 1.78. The second-order valence-corrected chi connectivity index (χ2v) is 11.5. The first-order valence-corrected chi connectivity index (χ1v) is 13.9. The molecule has 0 aromatic heterocycles. The van der Waals surface area contributed by atoms with Gasteiger partial charge in [-0.2, -0.15) is 0 Å². The first-order valence-electron chi connectivity index (χ1n) is 13.9. The lowest BCUT2D eigenvalue weighted by Crippen LogP contribution is -2.65. The maximum Gasteiger partial charge on any atom is 0.426 e. The lowest BCUT2D eigenvalue weighted by Gasteiger charge is -2.40. The molecule has 0 heterocycles. The minimum Gasteiger partial charge on any atom is -0.508 e. The van der Waals surface area contributed by atoms with Crippen LogP contribution in [-0.4, -0.2) is 45.7 Å². The van der Waals surface area contributed by atoms with E-state index in [1.54, 1.807) is 32.9 Å². The molecular weight excluding hydrogens is 494 g/mol. The van der Waals surface area contributed by atoms with Crippen LogP contribution >= 0.6 is 0 Å². The lowest BCUT2D eigenvalue weighted by molar-refractivity contribution is -0.152. The van der Waals surface area contributed by atoms with Crippen LogP contribution in [0.2, 0.25) is 0 Å². The Hall–Kier alpha value is -3.55.